The Labute approximate surface area is 187 Å². The first-order valence-electron chi connectivity index (χ1n) is 9.73. The zero-order chi connectivity index (χ0) is 23.0. The van der Waals surface area contributed by atoms with Crippen molar-refractivity contribution in [3.63, 3.8) is 0 Å². The van der Waals surface area contributed by atoms with Gasteiger partial charge in [-0.1, -0.05) is 18.2 Å². The number of pyridine rings is 1. The molecule has 1 heterocycles. The number of nitrogens with one attached hydrogen (secondary N) is 1. The van der Waals surface area contributed by atoms with E-state index in [2.05, 4.69) is 10.3 Å². The largest absolute Gasteiger partial charge is 0.487 e. The third kappa shape index (κ3) is 6.14. The summed E-state index contributed by atoms with van der Waals surface area (Å²) in [6.07, 6.45) is 1.70. The standard InChI is InChI=1S/C23H22N4O4S/c1-27(32(29,30)22-10-8-18(14-24)9-11-22)16-23(28)26-15-19-5-4-7-21(13-19)31-17-20-6-2-3-12-25-20/h2-13H,15-17H2,1H3,(H,26,28). The summed E-state index contributed by atoms with van der Waals surface area (Å²) >= 11 is 0. The van der Waals surface area contributed by atoms with E-state index in [0.717, 1.165) is 15.6 Å². The molecule has 0 aliphatic rings. The molecule has 32 heavy (non-hydrogen) atoms. The predicted octanol–water partition coefficient (Wildman–Crippen LogP) is 2.47. The molecule has 0 radical (unpaired) electrons. The van der Waals surface area contributed by atoms with Gasteiger partial charge in [-0.25, -0.2) is 8.42 Å². The third-order valence-corrected chi connectivity index (χ3v) is 6.38. The minimum atomic E-state index is -3.85. The van der Waals surface area contributed by atoms with Gasteiger partial charge in [0, 0.05) is 19.8 Å². The van der Waals surface area contributed by atoms with Crippen molar-refractivity contribution in [2.24, 2.45) is 0 Å². The van der Waals surface area contributed by atoms with Gasteiger partial charge in [0.15, 0.2) is 0 Å². The first-order chi connectivity index (χ1) is 15.4. The van der Waals surface area contributed by atoms with Gasteiger partial charge in [0.05, 0.1) is 28.8 Å². The highest BCUT2D eigenvalue weighted by molar-refractivity contribution is 7.89. The normalized spacial score (nSPS) is 11.0. The number of sulfonamides is 1. The summed E-state index contributed by atoms with van der Waals surface area (Å²) in [5.74, 6) is 0.201. The average Bonchev–Trinajstić information content (AvgIpc) is 2.82. The summed E-state index contributed by atoms with van der Waals surface area (Å²) in [4.78, 5) is 16.5. The van der Waals surface area contributed by atoms with E-state index < -0.39 is 15.9 Å². The Balaban J connectivity index is 1.53. The van der Waals surface area contributed by atoms with E-state index in [1.165, 1.54) is 31.3 Å². The first-order valence-corrected chi connectivity index (χ1v) is 11.2. The van der Waals surface area contributed by atoms with Gasteiger partial charge in [-0.3, -0.25) is 9.78 Å². The van der Waals surface area contributed by atoms with Crippen LogP contribution >= 0.6 is 0 Å². The van der Waals surface area contributed by atoms with Crippen molar-refractivity contribution in [1.29, 1.82) is 5.26 Å². The molecule has 0 spiro atoms. The molecule has 0 unspecified atom stereocenters. The maximum Gasteiger partial charge on any atom is 0.243 e. The van der Waals surface area contributed by atoms with E-state index in [1.54, 1.807) is 12.3 Å². The molecule has 0 fully saturated rings. The molecule has 0 saturated carbocycles. The van der Waals surface area contributed by atoms with Crippen LogP contribution in [0.4, 0.5) is 0 Å². The fourth-order valence-electron chi connectivity index (χ4n) is 2.81. The Morgan fingerprint density at radius 1 is 1.12 bits per heavy atom. The Bertz CT molecular complexity index is 1210. The molecular weight excluding hydrogens is 428 g/mol. The molecule has 0 aliphatic heterocycles. The van der Waals surface area contributed by atoms with E-state index in [9.17, 15) is 13.2 Å². The number of benzene rings is 2. The van der Waals surface area contributed by atoms with Gasteiger partial charge in [-0.05, 0) is 54.1 Å². The third-order valence-electron chi connectivity index (χ3n) is 4.56. The number of aromatic nitrogens is 1. The van der Waals surface area contributed by atoms with Gasteiger partial charge >= 0.3 is 0 Å². The van der Waals surface area contributed by atoms with Crippen LogP contribution < -0.4 is 10.1 Å². The molecule has 2 aromatic carbocycles. The van der Waals surface area contributed by atoms with Crippen LogP contribution in [-0.2, 0) is 28.0 Å². The second-order valence-corrected chi connectivity index (χ2v) is 8.98. The topological polar surface area (TPSA) is 112 Å². The molecule has 1 N–H and O–H groups in total. The van der Waals surface area contributed by atoms with Crippen LogP contribution in [0.5, 0.6) is 5.75 Å². The monoisotopic (exact) mass is 450 g/mol. The fraction of sp³-hybridized carbons (Fsp3) is 0.174. The first kappa shape index (κ1) is 22.9. The van der Waals surface area contributed by atoms with Crippen LogP contribution in [0.3, 0.4) is 0 Å². The summed E-state index contributed by atoms with van der Waals surface area (Å²) in [5.41, 5.74) is 1.97. The Kier molecular flexibility index (Phi) is 7.54. The van der Waals surface area contributed by atoms with Gasteiger partial charge in [0.1, 0.15) is 12.4 Å². The number of nitriles is 1. The molecule has 0 atom stereocenters. The van der Waals surface area contributed by atoms with Crippen molar-refractivity contribution in [2.75, 3.05) is 13.6 Å². The van der Waals surface area contributed by atoms with E-state index >= 15 is 0 Å². The Morgan fingerprint density at radius 3 is 2.59 bits per heavy atom. The maximum atomic E-state index is 12.6. The number of hydrogen-bond donors (Lipinski definition) is 1. The lowest BCUT2D eigenvalue weighted by atomic mass is 10.2. The minimum absolute atomic E-state index is 0.0181. The van der Waals surface area contributed by atoms with E-state index in [-0.39, 0.29) is 18.0 Å². The number of hydrogen-bond acceptors (Lipinski definition) is 6. The van der Waals surface area contributed by atoms with E-state index in [0.29, 0.717) is 17.9 Å². The summed E-state index contributed by atoms with van der Waals surface area (Å²) in [6, 6.07) is 20.3. The fourth-order valence-corrected chi connectivity index (χ4v) is 3.94. The van der Waals surface area contributed by atoms with Crippen molar-refractivity contribution in [2.45, 2.75) is 18.0 Å². The Morgan fingerprint density at radius 2 is 1.91 bits per heavy atom. The summed E-state index contributed by atoms with van der Waals surface area (Å²) in [6.45, 7) is 0.219. The molecule has 1 amide bonds. The summed E-state index contributed by atoms with van der Waals surface area (Å²) in [7, 11) is -2.51. The SMILES string of the molecule is CN(CC(=O)NCc1cccc(OCc2ccccn2)c1)S(=O)(=O)c1ccc(C#N)cc1. The van der Waals surface area contributed by atoms with Gasteiger partial charge in [0.2, 0.25) is 15.9 Å². The molecule has 8 nitrogen and oxygen atoms in total. The van der Waals surface area contributed by atoms with E-state index in [1.807, 2.05) is 42.5 Å². The predicted molar refractivity (Wildman–Crippen MR) is 118 cm³/mol. The number of carbonyl (C=O) groups is 1. The quantitative estimate of drug-likeness (QED) is 0.536. The zero-order valence-corrected chi connectivity index (χ0v) is 18.2. The molecule has 1 aromatic heterocycles. The molecule has 164 valence electrons. The molecule has 0 bridgehead atoms. The minimum Gasteiger partial charge on any atom is -0.487 e. The second kappa shape index (κ2) is 10.5. The Hall–Kier alpha value is -3.74. The van der Waals surface area contributed by atoms with Crippen molar-refractivity contribution in [3.8, 4) is 11.8 Å². The van der Waals surface area contributed by atoms with Crippen molar-refractivity contribution < 1.29 is 17.9 Å². The highest BCUT2D eigenvalue weighted by Gasteiger charge is 2.22. The van der Waals surface area contributed by atoms with Gasteiger partial charge in [0.25, 0.3) is 0 Å². The zero-order valence-electron chi connectivity index (χ0n) is 17.4. The highest BCUT2D eigenvalue weighted by Crippen LogP contribution is 2.16. The number of amides is 1. The van der Waals surface area contributed by atoms with Crippen LogP contribution in [-0.4, -0.2) is 37.2 Å². The second-order valence-electron chi connectivity index (χ2n) is 6.93. The molecular formula is C23H22N4O4S. The summed E-state index contributed by atoms with van der Waals surface area (Å²) in [5, 5.41) is 11.6. The van der Waals surface area contributed by atoms with Crippen molar-refractivity contribution >= 4 is 15.9 Å². The average molecular weight is 451 g/mol. The summed E-state index contributed by atoms with van der Waals surface area (Å²) < 4.78 is 31.9. The number of carbonyl (C=O) groups excluding carboxylic acids is 1. The molecule has 3 aromatic rings. The number of likely N-dealkylation sites (N-methyl/N-ethyl adjacent to an activating group) is 1. The van der Waals surface area contributed by atoms with Crippen LogP contribution in [0.15, 0.2) is 77.8 Å². The lowest BCUT2D eigenvalue weighted by Crippen LogP contribution is -2.38. The highest BCUT2D eigenvalue weighted by atomic mass is 32.2. The van der Waals surface area contributed by atoms with Gasteiger partial charge in [-0.15, -0.1) is 0 Å². The smallest absolute Gasteiger partial charge is 0.243 e. The van der Waals surface area contributed by atoms with Crippen molar-refractivity contribution in [3.05, 3.63) is 89.7 Å². The van der Waals surface area contributed by atoms with E-state index in [4.69, 9.17) is 10.00 Å². The maximum absolute atomic E-state index is 12.6. The number of ether oxygens (including phenoxy) is 1. The molecule has 3 rings (SSSR count). The molecule has 0 saturated heterocycles. The molecule has 9 heteroatoms. The lowest BCUT2D eigenvalue weighted by Gasteiger charge is -2.17. The van der Waals surface area contributed by atoms with Crippen LogP contribution in [0, 0.1) is 11.3 Å². The molecule has 0 aliphatic carbocycles. The van der Waals surface area contributed by atoms with Crippen LogP contribution in [0.25, 0.3) is 0 Å². The van der Waals surface area contributed by atoms with Gasteiger partial charge < -0.3 is 10.1 Å². The number of nitrogens with zero attached hydrogens (tertiary/aromatic N) is 3. The van der Waals surface area contributed by atoms with Crippen LogP contribution in [0.1, 0.15) is 16.8 Å². The lowest BCUT2D eigenvalue weighted by molar-refractivity contribution is -0.121. The van der Waals surface area contributed by atoms with Crippen molar-refractivity contribution in [1.82, 2.24) is 14.6 Å². The number of rotatable bonds is 9. The van der Waals surface area contributed by atoms with Crippen LogP contribution in [0.2, 0.25) is 0 Å². The van der Waals surface area contributed by atoms with Gasteiger partial charge in [-0.2, -0.15) is 9.57 Å².